The van der Waals surface area contributed by atoms with Crippen molar-refractivity contribution < 1.29 is 9.59 Å². The molecular weight excluding hydrogens is 252 g/mol. The molecule has 4 nitrogen and oxygen atoms in total. The Bertz CT molecular complexity index is 350. The summed E-state index contributed by atoms with van der Waals surface area (Å²) in [6.45, 7) is 11.0. The van der Waals surface area contributed by atoms with Gasteiger partial charge in [-0.15, -0.1) is 0 Å². The molecule has 1 heterocycles. The van der Waals surface area contributed by atoms with Gasteiger partial charge in [0.2, 0.25) is 11.8 Å². The molecule has 0 aromatic heterocycles. The highest BCUT2D eigenvalue weighted by Crippen LogP contribution is 2.31. The Kier molecular flexibility index (Phi) is 6.03. The minimum atomic E-state index is -0.648. The summed E-state index contributed by atoms with van der Waals surface area (Å²) >= 11 is 0. The van der Waals surface area contributed by atoms with Crippen molar-refractivity contribution >= 4 is 11.8 Å². The maximum atomic E-state index is 12.8. The van der Waals surface area contributed by atoms with Crippen molar-refractivity contribution in [3.05, 3.63) is 0 Å². The van der Waals surface area contributed by atoms with Gasteiger partial charge in [0, 0.05) is 6.54 Å². The van der Waals surface area contributed by atoms with Crippen LogP contribution in [0.25, 0.3) is 0 Å². The number of piperazine rings is 1. The summed E-state index contributed by atoms with van der Waals surface area (Å²) in [5.74, 6) is 0.559. The van der Waals surface area contributed by atoms with Crippen LogP contribution in [0.2, 0.25) is 0 Å². The van der Waals surface area contributed by atoms with Gasteiger partial charge in [0.1, 0.15) is 11.6 Å². The van der Waals surface area contributed by atoms with Crippen molar-refractivity contribution in [2.75, 3.05) is 6.54 Å². The molecule has 0 aromatic rings. The van der Waals surface area contributed by atoms with Crippen molar-refractivity contribution in [2.24, 2.45) is 5.92 Å². The van der Waals surface area contributed by atoms with Gasteiger partial charge in [0.05, 0.1) is 0 Å². The molecule has 0 aromatic carbocycles. The standard InChI is InChI=1S/C16H30N2O2/c1-6-10-13-14(19)18(11-12(5)7-2)16(8-3,9-4)15(20)17-13/h12-13H,6-11H2,1-5H3,(H,17,20). The molecule has 1 rings (SSSR count). The van der Waals surface area contributed by atoms with E-state index in [1.165, 1.54) is 0 Å². The average Bonchev–Trinajstić information content (AvgIpc) is 2.45. The normalized spacial score (nSPS) is 23.6. The highest BCUT2D eigenvalue weighted by Gasteiger charge is 2.49. The van der Waals surface area contributed by atoms with Gasteiger partial charge >= 0.3 is 0 Å². The number of carbonyl (C=O) groups is 2. The minimum Gasteiger partial charge on any atom is -0.342 e. The maximum absolute atomic E-state index is 12.8. The van der Waals surface area contributed by atoms with Gasteiger partial charge in [-0.05, 0) is 25.2 Å². The Morgan fingerprint density at radius 3 is 2.25 bits per heavy atom. The molecule has 1 aliphatic heterocycles. The summed E-state index contributed by atoms with van der Waals surface area (Å²) < 4.78 is 0. The Balaban J connectivity index is 3.09. The summed E-state index contributed by atoms with van der Waals surface area (Å²) in [6.07, 6.45) is 4.00. The van der Waals surface area contributed by atoms with E-state index in [1.807, 2.05) is 25.7 Å². The van der Waals surface area contributed by atoms with Crippen LogP contribution >= 0.6 is 0 Å². The predicted octanol–water partition coefficient (Wildman–Crippen LogP) is 2.72. The molecule has 2 unspecified atom stereocenters. The predicted molar refractivity (Wildman–Crippen MR) is 81.3 cm³/mol. The van der Waals surface area contributed by atoms with E-state index < -0.39 is 5.54 Å². The van der Waals surface area contributed by atoms with Gasteiger partial charge in [-0.25, -0.2) is 0 Å². The molecule has 0 saturated carbocycles. The van der Waals surface area contributed by atoms with Crippen LogP contribution in [0.4, 0.5) is 0 Å². The highest BCUT2D eigenvalue weighted by molar-refractivity contribution is 5.99. The quantitative estimate of drug-likeness (QED) is 0.780. The van der Waals surface area contributed by atoms with Crippen molar-refractivity contribution in [1.29, 1.82) is 0 Å². The first-order chi connectivity index (χ1) is 9.46. The highest BCUT2D eigenvalue weighted by atomic mass is 16.2. The van der Waals surface area contributed by atoms with Crippen LogP contribution in [0, 0.1) is 5.92 Å². The molecular formula is C16H30N2O2. The van der Waals surface area contributed by atoms with Crippen LogP contribution in [0.5, 0.6) is 0 Å². The number of nitrogens with zero attached hydrogens (tertiary/aromatic N) is 1. The number of hydrogen-bond acceptors (Lipinski definition) is 2. The lowest BCUT2D eigenvalue weighted by Crippen LogP contribution is -2.70. The van der Waals surface area contributed by atoms with Crippen LogP contribution in [0.1, 0.15) is 66.7 Å². The van der Waals surface area contributed by atoms with E-state index in [4.69, 9.17) is 0 Å². The number of nitrogens with one attached hydrogen (secondary N) is 1. The molecule has 116 valence electrons. The van der Waals surface area contributed by atoms with E-state index in [0.717, 1.165) is 19.3 Å². The Labute approximate surface area is 123 Å². The number of rotatable bonds is 7. The van der Waals surface area contributed by atoms with Crippen LogP contribution < -0.4 is 5.32 Å². The lowest BCUT2D eigenvalue weighted by atomic mass is 9.84. The third-order valence-electron chi connectivity index (χ3n) is 4.75. The van der Waals surface area contributed by atoms with Crippen molar-refractivity contribution in [1.82, 2.24) is 10.2 Å². The molecule has 1 fully saturated rings. The second-order valence-corrected chi connectivity index (χ2v) is 6.02. The Morgan fingerprint density at radius 2 is 1.80 bits per heavy atom. The molecule has 1 N–H and O–H groups in total. The van der Waals surface area contributed by atoms with Gasteiger partial charge in [-0.3, -0.25) is 9.59 Å². The zero-order valence-corrected chi connectivity index (χ0v) is 13.7. The fraction of sp³-hybridized carbons (Fsp3) is 0.875. The van der Waals surface area contributed by atoms with Crippen LogP contribution in [-0.2, 0) is 9.59 Å². The fourth-order valence-electron chi connectivity index (χ4n) is 3.02. The Hall–Kier alpha value is -1.06. The van der Waals surface area contributed by atoms with E-state index in [9.17, 15) is 9.59 Å². The molecule has 2 atom stereocenters. The SMILES string of the molecule is CCCC1NC(=O)C(CC)(CC)N(CC(C)CC)C1=O. The smallest absolute Gasteiger partial charge is 0.246 e. The topological polar surface area (TPSA) is 49.4 Å². The lowest BCUT2D eigenvalue weighted by molar-refractivity contribution is -0.159. The van der Waals surface area contributed by atoms with E-state index >= 15 is 0 Å². The van der Waals surface area contributed by atoms with Crippen LogP contribution in [-0.4, -0.2) is 34.8 Å². The molecule has 20 heavy (non-hydrogen) atoms. The zero-order chi connectivity index (χ0) is 15.3. The molecule has 1 saturated heterocycles. The maximum Gasteiger partial charge on any atom is 0.246 e. The van der Waals surface area contributed by atoms with Crippen molar-refractivity contribution in [3.63, 3.8) is 0 Å². The van der Waals surface area contributed by atoms with Crippen molar-refractivity contribution in [2.45, 2.75) is 78.3 Å². The van der Waals surface area contributed by atoms with Gasteiger partial charge in [0.25, 0.3) is 0 Å². The summed E-state index contributed by atoms with van der Waals surface area (Å²) in [5.41, 5.74) is -0.648. The van der Waals surface area contributed by atoms with Crippen LogP contribution in [0.3, 0.4) is 0 Å². The number of amides is 2. The van der Waals surface area contributed by atoms with Crippen LogP contribution in [0.15, 0.2) is 0 Å². The molecule has 0 aliphatic carbocycles. The molecule has 0 radical (unpaired) electrons. The number of hydrogen-bond donors (Lipinski definition) is 1. The lowest BCUT2D eigenvalue weighted by Gasteiger charge is -2.48. The fourth-order valence-corrected chi connectivity index (χ4v) is 3.02. The first-order valence-electron chi connectivity index (χ1n) is 8.09. The molecule has 1 aliphatic rings. The second kappa shape index (κ2) is 7.09. The summed E-state index contributed by atoms with van der Waals surface area (Å²) in [7, 11) is 0. The van der Waals surface area contributed by atoms with E-state index in [-0.39, 0.29) is 17.9 Å². The molecule has 0 spiro atoms. The minimum absolute atomic E-state index is 0.0313. The van der Waals surface area contributed by atoms with Crippen molar-refractivity contribution in [3.8, 4) is 0 Å². The van der Waals surface area contributed by atoms with Gasteiger partial charge in [0.15, 0.2) is 0 Å². The van der Waals surface area contributed by atoms with Gasteiger partial charge in [-0.2, -0.15) is 0 Å². The first-order valence-corrected chi connectivity index (χ1v) is 8.09. The van der Waals surface area contributed by atoms with Gasteiger partial charge < -0.3 is 10.2 Å². The molecule has 2 amide bonds. The Morgan fingerprint density at radius 1 is 1.20 bits per heavy atom. The number of carbonyl (C=O) groups excluding carboxylic acids is 2. The van der Waals surface area contributed by atoms with E-state index in [1.54, 1.807) is 0 Å². The summed E-state index contributed by atoms with van der Waals surface area (Å²) in [4.78, 5) is 27.2. The third kappa shape index (κ3) is 2.99. The summed E-state index contributed by atoms with van der Waals surface area (Å²) in [5, 5.41) is 2.95. The molecule has 4 heteroatoms. The average molecular weight is 282 g/mol. The first kappa shape index (κ1) is 17.0. The molecule has 0 bridgehead atoms. The largest absolute Gasteiger partial charge is 0.342 e. The third-order valence-corrected chi connectivity index (χ3v) is 4.75. The van der Waals surface area contributed by atoms with E-state index in [2.05, 4.69) is 19.2 Å². The monoisotopic (exact) mass is 282 g/mol. The zero-order valence-electron chi connectivity index (χ0n) is 13.7. The van der Waals surface area contributed by atoms with Gasteiger partial charge in [-0.1, -0.05) is 47.5 Å². The summed E-state index contributed by atoms with van der Waals surface area (Å²) in [6, 6.07) is -0.331. The second-order valence-electron chi connectivity index (χ2n) is 6.02. The van der Waals surface area contributed by atoms with E-state index in [0.29, 0.717) is 25.3 Å².